The molecule has 1 atom stereocenters. The van der Waals surface area contributed by atoms with Crippen LogP contribution in [0.25, 0.3) is 0 Å². The second-order valence-corrected chi connectivity index (χ2v) is 7.74. The Labute approximate surface area is 132 Å². The Morgan fingerprint density at radius 2 is 2.15 bits per heavy atom. The monoisotopic (exact) mass is 359 g/mol. The Hall–Kier alpha value is -0.260. The number of halogens is 2. The van der Waals surface area contributed by atoms with Crippen LogP contribution in [0.15, 0.2) is 22.7 Å². The van der Waals surface area contributed by atoms with Gasteiger partial charge in [0.05, 0.1) is 11.3 Å². The van der Waals surface area contributed by atoms with Gasteiger partial charge in [0, 0.05) is 17.1 Å². The van der Waals surface area contributed by atoms with Gasteiger partial charge in [-0.3, -0.25) is 0 Å². The first-order chi connectivity index (χ1) is 9.67. The van der Waals surface area contributed by atoms with Crippen molar-refractivity contribution in [2.75, 3.05) is 23.4 Å². The van der Waals surface area contributed by atoms with E-state index in [0.717, 1.165) is 36.8 Å². The average molecular weight is 360 g/mol. The van der Waals surface area contributed by atoms with Crippen molar-refractivity contribution in [2.45, 2.75) is 37.3 Å². The standard InChI is InChI=1S/C15H19BrFNOS/c16-11-1-2-14(13(17)9-11)18-12-3-6-19-15(10-12)4-7-20-8-5-15/h1-2,9,12,18H,3-8,10H2. The minimum absolute atomic E-state index is 0.0347. The second kappa shape index (κ2) is 6.24. The summed E-state index contributed by atoms with van der Waals surface area (Å²) in [6.07, 6.45) is 4.19. The summed E-state index contributed by atoms with van der Waals surface area (Å²) < 4.78 is 20.8. The maximum Gasteiger partial charge on any atom is 0.147 e. The van der Waals surface area contributed by atoms with Crippen LogP contribution in [0.1, 0.15) is 25.7 Å². The molecule has 1 unspecified atom stereocenters. The van der Waals surface area contributed by atoms with Crippen LogP contribution in [0.4, 0.5) is 10.1 Å². The molecule has 0 radical (unpaired) electrons. The molecule has 2 heterocycles. The van der Waals surface area contributed by atoms with Crippen molar-refractivity contribution in [2.24, 2.45) is 0 Å². The molecule has 1 aromatic carbocycles. The van der Waals surface area contributed by atoms with Gasteiger partial charge < -0.3 is 10.1 Å². The summed E-state index contributed by atoms with van der Waals surface area (Å²) in [7, 11) is 0. The maximum absolute atomic E-state index is 13.9. The lowest BCUT2D eigenvalue weighted by Gasteiger charge is -2.43. The van der Waals surface area contributed by atoms with Gasteiger partial charge in [-0.25, -0.2) is 4.39 Å². The van der Waals surface area contributed by atoms with E-state index in [1.165, 1.54) is 17.6 Å². The van der Waals surface area contributed by atoms with E-state index in [1.807, 2.05) is 17.8 Å². The van der Waals surface area contributed by atoms with E-state index < -0.39 is 0 Å². The molecule has 0 aliphatic carbocycles. The molecule has 1 spiro atoms. The average Bonchev–Trinajstić information content (AvgIpc) is 2.43. The lowest BCUT2D eigenvalue weighted by molar-refractivity contribution is -0.0865. The molecule has 2 aliphatic heterocycles. The molecular weight excluding hydrogens is 341 g/mol. The predicted octanol–water partition coefficient (Wildman–Crippen LogP) is 4.44. The number of rotatable bonds is 2. The molecule has 110 valence electrons. The number of anilines is 1. The van der Waals surface area contributed by atoms with Gasteiger partial charge in [-0.1, -0.05) is 15.9 Å². The largest absolute Gasteiger partial charge is 0.380 e. The highest BCUT2D eigenvalue weighted by molar-refractivity contribution is 9.10. The SMILES string of the molecule is Fc1cc(Br)ccc1NC1CCOC2(CCSCC2)C1. The lowest BCUT2D eigenvalue weighted by atomic mass is 9.85. The van der Waals surface area contributed by atoms with Crippen LogP contribution in [-0.2, 0) is 4.74 Å². The predicted molar refractivity (Wildman–Crippen MR) is 86.0 cm³/mol. The van der Waals surface area contributed by atoms with E-state index in [4.69, 9.17) is 4.74 Å². The van der Waals surface area contributed by atoms with Crippen LogP contribution in [0, 0.1) is 5.82 Å². The molecule has 1 aromatic rings. The van der Waals surface area contributed by atoms with Gasteiger partial charge in [-0.2, -0.15) is 11.8 Å². The summed E-state index contributed by atoms with van der Waals surface area (Å²) in [6.45, 7) is 0.778. The molecule has 3 rings (SSSR count). The van der Waals surface area contributed by atoms with Crippen molar-refractivity contribution in [3.05, 3.63) is 28.5 Å². The molecule has 0 amide bonds. The van der Waals surface area contributed by atoms with Gasteiger partial charge in [0.1, 0.15) is 5.82 Å². The zero-order valence-electron chi connectivity index (χ0n) is 11.3. The Balaban J connectivity index is 1.68. The van der Waals surface area contributed by atoms with Gasteiger partial charge in [0.15, 0.2) is 0 Å². The molecule has 0 saturated carbocycles. The van der Waals surface area contributed by atoms with Gasteiger partial charge in [-0.05, 0) is 55.4 Å². The van der Waals surface area contributed by atoms with Crippen molar-refractivity contribution in [3.63, 3.8) is 0 Å². The molecule has 20 heavy (non-hydrogen) atoms. The second-order valence-electron chi connectivity index (χ2n) is 5.60. The van der Waals surface area contributed by atoms with Gasteiger partial charge >= 0.3 is 0 Å². The summed E-state index contributed by atoms with van der Waals surface area (Å²) in [5.74, 6) is 2.16. The molecular formula is C15H19BrFNOS. The quantitative estimate of drug-likeness (QED) is 0.842. The molecule has 5 heteroatoms. The first-order valence-corrected chi connectivity index (χ1v) is 9.05. The Kier molecular flexibility index (Phi) is 4.58. The smallest absolute Gasteiger partial charge is 0.147 e. The van der Waals surface area contributed by atoms with Crippen LogP contribution in [0.2, 0.25) is 0 Å². The minimum atomic E-state index is -0.195. The van der Waals surface area contributed by atoms with Crippen molar-refractivity contribution in [1.29, 1.82) is 0 Å². The molecule has 0 aromatic heterocycles. The normalized spacial score (nSPS) is 25.6. The summed E-state index contributed by atoms with van der Waals surface area (Å²) >= 11 is 5.29. The lowest BCUT2D eigenvalue weighted by Crippen LogP contribution is -2.46. The minimum Gasteiger partial charge on any atom is -0.380 e. The van der Waals surface area contributed by atoms with Crippen LogP contribution < -0.4 is 5.32 Å². The number of nitrogens with one attached hydrogen (secondary N) is 1. The van der Waals surface area contributed by atoms with Crippen LogP contribution in [-0.4, -0.2) is 29.8 Å². The number of thioether (sulfide) groups is 1. The van der Waals surface area contributed by atoms with E-state index >= 15 is 0 Å². The van der Waals surface area contributed by atoms with Gasteiger partial charge in [0.25, 0.3) is 0 Å². The van der Waals surface area contributed by atoms with E-state index in [2.05, 4.69) is 21.2 Å². The first kappa shape index (κ1) is 14.7. The van der Waals surface area contributed by atoms with E-state index in [9.17, 15) is 4.39 Å². The van der Waals surface area contributed by atoms with E-state index in [0.29, 0.717) is 11.7 Å². The van der Waals surface area contributed by atoms with Crippen LogP contribution >= 0.6 is 27.7 Å². The van der Waals surface area contributed by atoms with Crippen molar-refractivity contribution < 1.29 is 9.13 Å². The number of benzene rings is 1. The number of ether oxygens (including phenoxy) is 1. The molecule has 2 nitrogen and oxygen atoms in total. The molecule has 2 fully saturated rings. The van der Waals surface area contributed by atoms with E-state index in [-0.39, 0.29) is 11.4 Å². The summed E-state index contributed by atoms with van der Waals surface area (Å²) in [5, 5.41) is 3.37. The topological polar surface area (TPSA) is 21.3 Å². The summed E-state index contributed by atoms with van der Waals surface area (Å²) in [6, 6.07) is 5.49. The first-order valence-electron chi connectivity index (χ1n) is 7.10. The van der Waals surface area contributed by atoms with Crippen molar-refractivity contribution in [1.82, 2.24) is 0 Å². The highest BCUT2D eigenvalue weighted by atomic mass is 79.9. The highest BCUT2D eigenvalue weighted by Crippen LogP contribution is 2.38. The fourth-order valence-electron chi connectivity index (χ4n) is 3.07. The third-order valence-corrected chi connectivity index (χ3v) is 5.67. The summed E-state index contributed by atoms with van der Waals surface area (Å²) in [4.78, 5) is 0. The molecule has 0 bridgehead atoms. The molecule has 2 aliphatic rings. The van der Waals surface area contributed by atoms with E-state index in [1.54, 1.807) is 6.07 Å². The highest BCUT2D eigenvalue weighted by Gasteiger charge is 2.38. The maximum atomic E-state index is 13.9. The third kappa shape index (κ3) is 3.31. The molecule has 1 N–H and O–H groups in total. The van der Waals surface area contributed by atoms with Crippen LogP contribution in [0.3, 0.4) is 0 Å². The third-order valence-electron chi connectivity index (χ3n) is 4.19. The van der Waals surface area contributed by atoms with Gasteiger partial charge in [-0.15, -0.1) is 0 Å². The fraction of sp³-hybridized carbons (Fsp3) is 0.600. The Morgan fingerprint density at radius 3 is 2.90 bits per heavy atom. The molecule has 2 saturated heterocycles. The zero-order valence-corrected chi connectivity index (χ0v) is 13.7. The fourth-order valence-corrected chi connectivity index (χ4v) is 4.64. The zero-order chi connectivity index (χ0) is 14.0. The summed E-state index contributed by atoms with van der Waals surface area (Å²) in [5.41, 5.74) is 0.632. The number of hydrogen-bond donors (Lipinski definition) is 1. The van der Waals surface area contributed by atoms with Gasteiger partial charge in [0.2, 0.25) is 0 Å². The Morgan fingerprint density at radius 1 is 1.35 bits per heavy atom. The van der Waals surface area contributed by atoms with Crippen LogP contribution in [0.5, 0.6) is 0 Å². The van der Waals surface area contributed by atoms with Crippen molar-refractivity contribution in [3.8, 4) is 0 Å². The Bertz CT molecular complexity index is 473. The van der Waals surface area contributed by atoms with Crippen molar-refractivity contribution >= 4 is 33.4 Å². The number of hydrogen-bond acceptors (Lipinski definition) is 3.